The van der Waals surface area contributed by atoms with Crippen molar-refractivity contribution in [3.05, 3.63) is 192 Å². The minimum Gasteiger partial charge on any atom is -0.455 e. The molecule has 1 unspecified atom stereocenters. The van der Waals surface area contributed by atoms with Gasteiger partial charge in [0.15, 0.2) is 5.84 Å². The van der Waals surface area contributed by atoms with Gasteiger partial charge in [0.25, 0.3) is 0 Å². The third kappa shape index (κ3) is 5.07. The number of furan rings is 1. The minimum absolute atomic E-state index is 0.265. The number of hydrogen-bond acceptors (Lipinski definition) is 5. The van der Waals surface area contributed by atoms with Gasteiger partial charge in [-0.3, -0.25) is 0 Å². The summed E-state index contributed by atoms with van der Waals surface area (Å²) in [5, 5.41) is 9.57. The molecule has 1 aliphatic carbocycles. The molecule has 0 radical (unpaired) electrons. The van der Waals surface area contributed by atoms with E-state index in [1.165, 1.54) is 42.3 Å². The Morgan fingerprint density at radius 1 is 0.632 bits per heavy atom. The quantitative estimate of drug-likeness (QED) is 0.190. The standard InChI is InChI=1S/C51H34N4OS/c1-3-14-31(15-4-1)49-52-50(32-16-5-2-6-17-32)54-51(53-49)42-25-13-24-41-40-23-12-22-39(47(40)57-48(41)42)38-21-11-20-37-36-29-28-33(30-45(36)56-46(37)38)55-43-26-9-7-18-34(43)35-19-8-10-27-44(35)55/h1-7,9-18,20-30,49H,8,19H2,(H,52,53,54). The summed E-state index contributed by atoms with van der Waals surface area (Å²) in [4.78, 5) is 10.4. The van der Waals surface area contributed by atoms with Crippen molar-refractivity contribution in [1.82, 2.24) is 9.88 Å². The van der Waals surface area contributed by atoms with Gasteiger partial charge in [-0.2, -0.15) is 0 Å². The number of benzene rings is 7. The Bertz CT molecular complexity index is 3330. The summed E-state index contributed by atoms with van der Waals surface area (Å²) >= 11 is 1.81. The van der Waals surface area contributed by atoms with Crippen LogP contribution in [0.2, 0.25) is 0 Å². The van der Waals surface area contributed by atoms with E-state index in [4.69, 9.17) is 14.4 Å². The molecule has 10 aromatic rings. The number of aryl methyl sites for hydroxylation is 1. The summed E-state index contributed by atoms with van der Waals surface area (Å²) in [6.07, 6.45) is 6.44. The van der Waals surface area contributed by atoms with Crippen LogP contribution in [0, 0.1) is 0 Å². The Morgan fingerprint density at radius 2 is 1.33 bits per heavy atom. The lowest BCUT2D eigenvalue weighted by Crippen LogP contribution is -2.33. The van der Waals surface area contributed by atoms with Crippen LogP contribution in [0.25, 0.3) is 75.9 Å². The van der Waals surface area contributed by atoms with Gasteiger partial charge in [-0.05, 0) is 54.3 Å². The fourth-order valence-electron chi connectivity index (χ4n) is 8.93. The van der Waals surface area contributed by atoms with Crippen LogP contribution in [-0.2, 0) is 6.42 Å². The van der Waals surface area contributed by atoms with Crippen molar-refractivity contribution in [2.75, 3.05) is 0 Å². The molecule has 0 amide bonds. The number of nitrogens with one attached hydrogen (secondary N) is 1. The van der Waals surface area contributed by atoms with Gasteiger partial charge in [0, 0.05) is 76.0 Å². The number of fused-ring (bicyclic) bond motifs is 9. The normalized spacial score (nSPS) is 15.3. The van der Waals surface area contributed by atoms with Crippen molar-refractivity contribution >= 4 is 82.1 Å². The highest BCUT2D eigenvalue weighted by Crippen LogP contribution is 2.45. The van der Waals surface area contributed by atoms with Gasteiger partial charge in [-0.25, -0.2) is 9.98 Å². The molecule has 0 bridgehead atoms. The van der Waals surface area contributed by atoms with Gasteiger partial charge in [0.2, 0.25) is 0 Å². The lowest BCUT2D eigenvalue weighted by molar-refractivity contribution is 0.669. The molecule has 6 heteroatoms. The molecule has 4 heterocycles. The first-order valence-electron chi connectivity index (χ1n) is 19.5. The van der Waals surface area contributed by atoms with Crippen LogP contribution in [0.1, 0.15) is 40.5 Å². The number of thiophene rings is 1. The van der Waals surface area contributed by atoms with E-state index in [1.807, 2.05) is 24.3 Å². The maximum Gasteiger partial charge on any atom is 0.160 e. The largest absolute Gasteiger partial charge is 0.455 e. The van der Waals surface area contributed by atoms with Gasteiger partial charge in [-0.1, -0.05) is 133 Å². The predicted octanol–water partition coefficient (Wildman–Crippen LogP) is 13.0. The summed E-state index contributed by atoms with van der Waals surface area (Å²) in [7, 11) is 0. The van der Waals surface area contributed by atoms with Crippen LogP contribution in [0.15, 0.2) is 178 Å². The predicted molar refractivity (Wildman–Crippen MR) is 238 cm³/mol. The molecule has 57 heavy (non-hydrogen) atoms. The molecule has 0 saturated carbocycles. The maximum absolute atomic E-state index is 6.91. The highest BCUT2D eigenvalue weighted by Gasteiger charge is 2.24. The van der Waals surface area contributed by atoms with Crippen molar-refractivity contribution in [3.63, 3.8) is 0 Å². The Hall–Kier alpha value is -7.02. The SMILES string of the molecule is C1=Cc2c(c3ccccc3n2-c2ccc3c(c2)oc2c(-c4cccc5c4sc4c(C6=NC(c7ccccc7)NC(c7ccccc7)=N6)cccc45)cccc23)CC1. The molecule has 0 saturated heterocycles. The average Bonchev–Trinajstić information content (AvgIpc) is 3.96. The Kier molecular flexibility index (Phi) is 7.22. The van der Waals surface area contributed by atoms with Crippen LogP contribution in [-0.4, -0.2) is 16.2 Å². The lowest BCUT2D eigenvalue weighted by atomic mass is 9.99. The molecule has 1 aliphatic heterocycles. The van der Waals surface area contributed by atoms with E-state index in [-0.39, 0.29) is 6.17 Å². The monoisotopic (exact) mass is 750 g/mol. The number of aromatic nitrogens is 1. The summed E-state index contributed by atoms with van der Waals surface area (Å²) in [6, 6.07) is 55.8. The smallest absolute Gasteiger partial charge is 0.160 e. The summed E-state index contributed by atoms with van der Waals surface area (Å²) in [6.45, 7) is 0. The first-order valence-corrected chi connectivity index (χ1v) is 20.3. The van der Waals surface area contributed by atoms with Crippen molar-refractivity contribution in [2.45, 2.75) is 19.0 Å². The van der Waals surface area contributed by atoms with E-state index >= 15 is 0 Å². The van der Waals surface area contributed by atoms with Crippen LogP contribution in [0.3, 0.4) is 0 Å². The van der Waals surface area contributed by atoms with Crippen LogP contribution < -0.4 is 5.32 Å². The fraction of sp³-hybridized carbons (Fsp3) is 0.0588. The van der Waals surface area contributed by atoms with Crippen LogP contribution in [0.5, 0.6) is 0 Å². The van der Waals surface area contributed by atoms with E-state index < -0.39 is 0 Å². The van der Waals surface area contributed by atoms with E-state index in [9.17, 15) is 0 Å². The Morgan fingerprint density at radius 3 is 2.18 bits per heavy atom. The van der Waals surface area contributed by atoms with E-state index in [0.717, 1.165) is 80.0 Å². The van der Waals surface area contributed by atoms with Crippen molar-refractivity contribution < 1.29 is 4.42 Å². The van der Waals surface area contributed by atoms with E-state index in [0.29, 0.717) is 0 Å². The second-order valence-electron chi connectivity index (χ2n) is 14.8. The molecule has 270 valence electrons. The summed E-state index contributed by atoms with van der Waals surface area (Å²) in [5.41, 5.74) is 12.2. The van der Waals surface area contributed by atoms with E-state index in [2.05, 4.69) is 155 Å². The van der Waals surface area contributed by atoms with Crippen molar-refractivity contribution in [3.8, 4) is 16.8 Å². The molecule has 5 nitrogen and oxygen atoms in total. The molecular formula is C51H34N4OS. The first kappa shape index (κ1) is 32.2. The van der Waals surface area contributed by atoms with Gasteiger partial charge >= 0.3 is 0 Å². The third-order valence-corrected chi connectivity index (χ3v) is 12.8. The highest BCUT2D eigenvalue weighted by molar-refractivity contribution is 7.26. The zero-order chi connectivity index (χ0) is 37.5. The molecule has 3 aromatic heterocycles. The van der Waals surface area contributed by atoms with Gasteiger partial charge < -0.3 is 14.3 Å². The number of amidine groups is 2. The summed E-state index contributed by atoms with van der Waals surface area (Å²) in [5.74, 6) is 1.54. The lowest BCUT2D eigenvalue weighted by Gasteiger charge is -2.23. The Balaban J connectivity index is 1.01. The molecule has 2 aliphatic rings. The number of hydrogen-bond donors (Lipinski definition) is 1. The number of allylic oxidation sites excluding steroid dienone is 1. The number of para-hydroxylation sites is 2. The second kappa shape index (κ2) is 12.8. The maximum atomic E-state index is 6.91. The number of aliphatic imine (C=N–C) groups is 2. The average molecular weight is 751 g/mol. The topological polar surface area (TPSA) is 54.8 Å². The Labute approximate surface area is 332 Å². The van der Waals surface area contributed by atoms with Gasteiger partial charge in [-0.15, -0.1) is 11.3 Å². The molecule has 7 aromatic carbocycles. The number of rotatable bonds is 5. The van der Waals surface area contributed by atoms with Gasteiger partial charge in [0.05, 0.1) is 5.52 Å². The van der Waals surface area contributed by atoms with Crippen molar-refractivity contribution in [1.29, 1.82) is 0 Å². The second-order valence-corrected chi connectivity index (χ2v) is 15.8. The molecule has 0 fully saturated rings. The van der Waals surface area contributed by atoms with Crippen LogP contribution in [0.4, 0.5) is 0 Å². The van der Waals surface area contributed by atoms with Gasteiger partial charge in [0.1, 0.15) is 23.2 Å². The number of nitrogens with zero attached hydrogens (tertiary/aromatic N) is 3. The van der Waals surface area contributed by atoms with E-state index in [1.54, 1.807) is 11.3 Å². The molecule has 12 rings (SSSR count). The molecular weight excluding hydrogens is 717 g/mol. The summed E-state index contributed by atoms with van der Waals surface area (Å²) < 4.78 is 11.7. The molecule has 1 N–H and O–H groups in total. The first-order chi connectivity index (χ1) is 28.3. The molecule has 1 atom stereocenters. The zero-order valence-corrected chi connectivity index (χ0v) is 31.6. The minimum atomic E-state index is -0.265. The van der Waals surface area contributed by atoms with Crippen molar-refractivity contribution in [2.24, 2.45) is 9.98 Å². The fourth-order valence-corrected chi connectivity index (χ4v) is 10.3. The third-order valence-electron chi connectivity index (χ3n) is 11.6. The zero-order valence-electron chi connectivity index (χ0n) is 30.8. The molecule has 0 spiro atoms. The van der Waals surface area contributed by atoms with Crippen LogP contribution >= 0.6 is 11.3 Å². The highest BCUT2D eigenvalue weighted by atomic mass is 32.1.